The molecule has 1 saturated heterocycles. The van der Waals surface area contributed by atoms with Crippen molar-refractivity contribution in [3.05, 3.63) is 36.0 Å². The SMILES string of the molecule is C[S+]([O-])[C@H]1C[C@H](Nc2nc(N3CC(F)C3)c3cnn(-c4cccc(C(F)(F)F)c4)c3n2)C1. The topological polar surface area (TPSA) is 81.9 Å². The summed E-state index contributed by atoms with van der Waals surface area (Å²) in [6.07, 6.45) is -0.861. The van der Waals surface area contributed by atoms with E-state index < -0.39 is 29.1 Å². The highest BCUT2D eigenvalue weighted by molar-refractivity contribution is 7.91. The van der Waals surface area contributed by atoms with Crippen molar-refractivity contribution in [3.63, 3.8) is 0 Å². The number of anilines is 2. The molecule has 3 heterocycles. The monoisotopic (exact) mass is 468 g/mol. The lowest BCUT2D eigenvalue weighted by molar-refractivity contribution is -0.137. The zero-order valence-electron chi connectivity index (χ0n) is 17.0. The average Bonchev–Trinajstić information content (AvgIpc) is 3.10. The van der Waals surface area contributed by atoms with Gasteiger partial charge in [0.25, 0.3) is 0 Å². The highest BCUT2D eigenvalue weighted by Crippen LogP contribution is 2.34. The van der Waals surface area contributed by atoms with Crippen LogP contribution in [0.3, 0.4) is 0 Å². The molecule has 0 bridgehead atoms. The van der Waals surface area contributed by atoms with Gasteiger partial charge in [0.1, 0.15) is 17.2 Å². The van der Waals surface area contributed by atoms with E-state index in [2.05, 4.69) is 20.4 Å². The van der Waals surface area contributed by atoms with Crippen LogP contribution in [0.25, 0.3) is 16.7 Å². The first-order chi connectivity index (χ1) is 15.2. The van der Waals surface area contributed by atoms with Gasteiger partial charge in [0.05, 0.1) is 42.2 Å². The van der Waals surface area contributed by atoms with Crippen LogP contribution in [0.15, 0.2) is 30.5 Å². The van der Waals surface area contributed by atoms with Gasteiger partial charge < -0.3 is 14.8 Å². The fourth-order valence-electron chi connectivity index (χ4n) is 3.94. The normalized spacial score (nSPS) is 22.5. The number of nitrogens with one attached hydrogen (secondary N) is 1. The molecular weight excluding hydrogens is 448 g/mol. The number of aromatic nitrogens is 4. The third kappa shape index (κ3) is 3.85. The van der Waals surface area contributed by atoms with E-state index in [9.17, 15) is 22.1 Å². The standard InChI is InChI=1S/C20H20F4N6OS/c1-32(31)15-6-13(7-15)26-19-27-17(29-9-12(21)10-29)16-8-25-30(18(16)28-19)14-4-2-3-11(5-14)20(22,23)24/h2-5,8,12-13,15H,6-7,9-10H2,1H3,(H,26,27,28)/t13-,15-,32?. The van der Waals surface area contributed by atoms with Crippen LogP contribution in [0.2, 0.25) is 0 Å². The summed E-state index contributed by atoms with van der Waals surface area (Å²) in [7, 11) is 0. The van der Waals surface area contributed by atoms with Crippen molar-refractivity contribution in [2.75, 3.05) is 29.6 Å². The Bertz CT molecular complexity index is 1140. The summed E-state index contributed by atoms with van der Waals surface area (Å²) in [5.41, 5.74) is -0.251. The first kappa shape index (κ1) is 21.3. The Kier molecular flexibility index (Phi) is 5.16. The molecule has 2 aromatic heterocycles. The van der Waals surface area contributed by atoms with E-state index in [-0.39, 0.29) is 36.0 Å². The molecule has 0 amide bonds. The van der Waals surface area contributed by atoms with Crippen LogP contribution in [0.4, 0.5) is 29.3 Å². The summed E-state index contributed by atoms with van der Waals surface area (Å²) < 4.78 is 66.0. The van der Waals surface area contributed by atoms with Gasteiger partial charge in [0, 0.05) is 18.9 Å². The Morgan fingerprint density at radius 3 is 2.59 bits per heavy atom. The van der Waals surface area contributed by atoms with Crippen molar-refractivity contribution in [1.82, 2.24) is 19.7 Å². The molecule has 1 saturated carbocycles. The lowest BCUT2D eigenvalue weighted by Gasteiger charge is -2.37. The van der Waals surface area contributed by atoms with E-state index in [1.807, 2.05) is 0 Å². The molecule has 3 aromatic rings. The van der Waals surface area contributed by atoms with Gasteiger partial charge >= 0.3 is 6.18 Å². The molecule has 2 aliphatic rings. The van der Waals surface area contributed by atoms with E-state index >= 15 is 0 Å². The van der Waals surface area contributed by atoms with Gasteiger partial charge in [-0.3, -0.25) is 0 Å². The zero-order chi connectivity index (χ0) is 22.6. The van der Waals surface area contributed by atoms with Crippen LogP contribution in [0.5, 0.6) is 0 Å². The van der Waals surface area contributed by atoms with Gasteiger partial charge in [-0.15, -0.1) is 0 Å². The molecule has 1 N–H and O–H groups in total. The van der Waals surface area contributed by atoms with Crippen LogP contribution in [-0.2, 0) is 17.4 Å². The Hall–Kier alpha value is -2.60. The zero-order valence-corrected chi connectivity index (χ0v) is 17.8. The third-order valence-electron chi connectivity index (χ3n) is 5.86. The van der Waals surface area contributed by atoms with Crippen LogP contribution >= 0.6 is 0 Å². The maximum Gasteiger partial charge on any atom is 0.416 e. The predicted octanol–water partition coefficient (Wildman–Crippen LogP) is 3.31. The molecule has 12 heteroatoms. The molecule has 7 nitrogen and oxygen atoms in total. The summed E-state index contributed by atoms with van der Waals surface area (Å²) in [5.74, 6) is 0.772. The van der Waals surface area contributed by atoms with Crippen LogP contribution in [0.1, 0.15) is 18.4 Å². The molecule has 1 atom stereocenters. The van der Waals surface area contributed by atoms with Gasteiger partial charge in [-0.05, 0) is 18.2 Å². The smallest absolute Gasteiger partial charge is 0.416 e. The van der Waals surface area contributed by atoms with Crippen molar-refractivity contribution >= 4 is 34.0 Å². The van der Waals surface area contributed by atoms with Crippen molar-refractivity contribution < 1.29 is 22.1 Å². The number of nitrogens with zero attached hydrogens (tertiary/aromatic N) is 5. The molecule has 1 aliphatic heterocycles. The number of fused-ring (bicyclic) bond motifs is 1. The lowest BCUT2D eigenvalue weighted by atomic mass is 9.92. The molecular formula is C20H20F4N6OS. The number of benzene rings is 1. The number of halogens is 4. The number of rotatable bonds is 5. The summed E-state index contributed by atoms with van der Waals surface area (Å²) in [6.45, 7) is 0.362. The number of hydrogen-bond acceptors (Lipinski definition) is 6. The van der Waals surface area contributed by atoms with E-state index in [1.165, 1.54) is 23.0 Å². The molecule has 1 unspecified atom stereocenters. The van der Waals surface area contributed by atoms with E-state index in [1.54, 1.807) is 11.2 Å². The van der Waals surface area contributed by atoms with Gasteiger partial charge in [-0.2, -0.15) is 28.2 Å². The van der Waals surface area contributed by atoms with Crippen LogP contribution in [-0.4, -0.2) is 61.1 Å². The fraction of sp³-hybridized carbons (Fsp3) is 0.450. The molecule has 1 aliphatic carbocycles. The van der Waals surface area contributed by atoms with Crippen molar-refractivity contribution in [2.45, 2.75) is 36.5 Å². The third-order valence-corrected chi connectivity index (χ3v) is 7.18. The summed E-state index contributed by atoms with van der Waals surface area (Å²) in [6, 6.07) is 4.88. The fourth-order valence-corrected chi connectivity index (χ4v) is 4.94. The second kappa shape index (κ2) is 7.77. The lowest BCUT2D eigenvalue weighted by Crippen LogP contribution is -2.49. The second-order valence-electron chi connectivity index (χ2n) is 8.15. The summed E-state index contributed by atoms with van der Waals surface area (Å²) in [4.78, 5) is 10.8. The van der Waals surface area contributed by atoms with Crippen LogP contribution < -0.4 is 10.2 Å². The van der Waals surface area contributed by atoms with Crippen molar-refractivity contribution in [3.8, 4) is 5.69 Å². The Morgan fingerprint density at radius 2 is 1.94 bits per heavy atom. The van der Waals surface area contributed by atoms with E-state index in [0.29, 0.717) is 29.7 Å². The molecule has 170 valence electrons. The highest BCUT2D eigenvalue weighted by atomic mass is 32.2. The molecule has 2 fully saturated rings. The summed E-state index contributed by atoms with van der Waals surface area (Å²) >= 11 is -0.901. The number of alkyl halides is 4. The second-order valence-corrected chi connectivity index (χ2v) is 9.81. The predicted molar refractivity (Wildman–Crippen MR) is 113 cm³/mol. The van der Waals surface area contributed by atoms with Gasteiger partial charge in [0.2, 0.25) is 5.95 Å². The number of hydrogen-bond donors (Lipinski definition) is 1. The van der Waals surface area contributed by atoms with Gasteiger partial charge in [-0.1, -0.05) is 17.2 Å². The van der Waals surface area contributed by atoms with Gasteiger partial charge in [-0.25, -0.2) is 9.07 Å². The molecule has 0 spiro atoms. The van der Waals surface area contributed by atoms with E-state index in [0.717, 1.165) is 12.1 Å². The minimum absolute atomic E-state index is 0.0458. The Morgan fingerprint density at radius 1 is 1.19 bits per heavy atom. The quantitative estimate of drug-likeness (QED) is 0.457. The average molecular weight is 468 g/mol. The summed E-state index contributed by atoms with van der Waals surface area (Å²) in [5, 5.41) is 8.12. The minimum atomic E-state index is -4.49. The van der Waals surface area contributed by atoms with E-state index in [4.69, 9.17) is 0 Å². The van der Waals surface area contributed by atoms with Crippen molar-refractivity contribution in [2.24, 2.45) is 0 Å². The first-order valence-electron chi connectivity index (χ1n) is 10.1. The molecule has 5 rings (SSSR count). The maximum absolute atomic E-state index is 13.5. The Labute approximate surface area is 184 Å². The molecule has 0 radical (unpaired) electrons. The molecule has 32 heavy (non-hydrogen) atoms. The first-order valence-corrected chi connectivity index (χ1v) is 11.7. The largest absolute Gasteiger partial charge is 0.616 e. The minimum Gasteiger partial charge on any atom is -0.616 e. The van der Waals surface area contributed by atoms with Crippen molar-refractivity contribution in [1.29, 1.82) is 0 Å². The maximum atomic E-state index is 13.5. The van der Waals surface area contributed by atoms with Crippen LogP contribution in [0, 0.1) is 0 Å². The highest BCUT2D eigenvalue weighted by Gasteiger charge is 2.37. The van der Waals surface area contributed by atoms with Gasteiger partial charge in [0.15, 0.2) is 5.65 Å². The molecule has 1 aromatic carbocycles. The Balaban J connectivity index is 1.53.